The van der Waals surface area contributed by atoms with E-state index < -0.39 is 12.1 Å². The van der Waals surface area contributed by atoms with Crippen LogP contribution in [0.4, 0.5) is 0 Å². The molecule has 4 nitrogen and oxygen atoms in total. The summed E-state index contributed by atoms with van der Waals surface area (Å²) in [6.07, 6.45) is 2.59. The fourth-order valence-electron chi connectivity index (χ4n) is 2.94. The van der Waals surface area contributed by atoms with Gasteiger partial charge in [0.15, 0.2) is 6.10 Å². The standard InChI is InChI=1S/C17H25NO3S/c1-10-6-5-7-14(12(10)3)18-16(19)13(4)21-17(20)15-11(2)8-9-22-15/h8-10,12-14H,5-7H2,1-4H3,(H,18,19)/t10-,12-,13-,14+/m0/s1. The van der Waals surface area contributed by atoms with Crippen molar-refractivity contribution >= 4 is 23.2 Å². The fraction of sp³-hybridized carbons (Fsp3) is 0.647. The first-order valence-electron chi connectivity index (χ1n) is 7.95. The van der Waals surface area contributed by atoms with Gasteiger partial charge in [0.1, 0.15) is 4.88 Å². The van der Waals surface area contributed by atoms with Crippen molar-refractivity contribution in [3.8, 4) is 0 Å². The van der Waals surface area contributed by atoms with E-state index in [1.807, 2.05) is 18.4 Å². The average Bonchev–Trinajstić information content (AvgIpc) is 2.90. The molecule has 122 valence electrons. The smallest absolute Gasteiger partial charge is 0.349 e. The number of carbonyl (C=O) groups is 2. The van der Waals surface area contributed by atoms with Crippen LogP contribution in [-0.2, 0) is 9.53 Å². The Labute approximate surface area is 136 Å². The summed E-state index contributed by atoms with van der Waals surface area (Å²) in [5, 5.41) is 4.90. The zero-order valence-electron chi connectivity index (χ0n) is 13.7. The molecule has 1 aliphatic rings. The van der Waals surface area contributed by atoms with E-state index >= 15 is 0 Å². The molecule has 1 N–H and O–H groups in total. The molecule has 1 aromatic rings. The molecule has 2 rings (SSSR count). The van der Waals surface area contributed by atoms with Crippen molar-refractivity contribution < 1.29 is 14.3 Å². The van der Waals surface area contributed by atoms with E-state index in [9.17, 15) is 9.59 Å². The van der Waals surface area contributed by atoms with Gasteiger partial charge in [0.2, 0.25) is 0 Å². The molecule has 1 aliphatic carbocycles. The number of ether oxygens (including phenoxy) is 1. The van der Waals surface area contributed by atoms with E-state index in [4.69, 9.17) is 4.74 Å². The fourth-order valence-corrected chi connectivity index (χ4v) is 3.74. The summed E-state index contributed by atoms with van der Waals surface area (Å²) < 4.78 is 5.30. The minimum absolute atomic E-state index is 0.181. The second kappa shape index (κ2) is 7.27. The van der Waals surface area contributed by atoms with Crippen LogP contribution < -0.4 is 5.32 Å². The zero-order chi connectivity index (χ0) is 16.3. The molecule has 0 aliphatic heterocycles. The predicted molar refractivity (Wildman–Crippen MR) is 88.0 cm³/mol. The van der Waals surface area contributed by atoms with Gasteiger partial charge in [0.25, 0.3) is 5.91 Å². The van der Waals surface area contributed by atoms with Gasteiger partial charge in [-0.05, 0) is 49.1 Å². The van der Waals surface area contributed by atoms with Crippen LogP contribution in [-0.4, -0.2) is 24.0 Å². The summed E-state index contributed by atoms with van der Waals surface area (Å²) in [5.41, 5.74) is 0.886. The lowest BCUT2D eigenvalue weighted by Gasteiger charge is -2.35. The number of hydrogen-bond donors (Lipinski definition) is 1. The van der Waals surface area contributed by atoms with Crippen LogP contribution in [0.1, 0.15) is 55.3 Å². The molecule has 0 radical (unpaired) electrons. The first-order chi connectivity index (χ1) is 10.4. The Morgan fingerprint density at radius 2 is 2.09 bits per heavy atom. The van der Waals surface area contributed by atoms with Gasteiger partial charge in [-0.1, -0.05) is 26.7 Å². The molecule has 1 aromatic heterocycles. The third-order valence-corrected chi connectivity index (χ3v) is 5.73. The van der Waals surface area contributed by atoms with Crippen molar-refractivity contribution in [2.75, 3.05) is 0 Å². The molecule has 1 amide bonds. The highest BCUT2D eigenvalue weighted by molar-refractivity contribution is 7.12. The highest BCUT2D eigenvalue weighted by atomic mass is 32.1. The SMILES string of the molecule is Cc1ccsc1C(=O)O[C@@H](C)C(=O)N[C@@H]1CCC[C@H](C)[C@@H]1C. The number of carbonyl (C=O) groups excluding carboxylic acids is 2. The minimum Gasteiger partial charge on any atom is -0.448 e. The second-order valence-electron chi connectivity index (χ2n) is 6.36. The molecular formula is C17H25NO3S. The highest BCUT2D eigenvalue weighted by Crippen LogP contribution is 2.29. The lowest BCUT2D eigenvalue weighted by molar-refractivity contribution is -0.130. The van der Waals surface area contributed by atoms with Crippen molar-refractivity contribution in [3.05, 3.63) is 21.9 Å². The Bertz CT molecular complexity index is 540. The van der Waals surface area contributed by atoms with Crippen LogP contribution in [0, 0.1) is 18.8 Å². The normalized spacial score (nSPS) is 26.3. The molecule has 0 bridgehead atoms. The Morgan fingerprint density at radius 3 is 2.73 bits per heavy atom. The Balaban J connectivity index is 1.89. The predicted octanol–water partition coefficient (Wildman–Crippen LogP) is 3.54. The van der Waals surface area contributed by atoms with E-state index in [1.54, 1.807) is 6.92 Å². The molecule has 0 aromatic carbocycles. The maximum absolute atomic E-state index is 12.3. The van der Waals surface area contributed by atoms with Crippen LogP contribution in [0.25, 0.3) is 0 Å². The molecule has 0 unspecified atom stereocenters. The molecule has 1 heterocycles. The van der Waals surface area contributed by atoms with Crippen LogP contribution >= 0.6 is 11.3 Å². The number of thiophene rings is 1. The topological polar surface area (TPSA) is 55.4 Å². The zero-order valence-corrected chi connectivity index (χ0v) is 14.5. The number of hydrogen-bond acceptors (Lipinski definition) is 4. The molecule has 0 saturated heterocycles. The third kappa shape index (κ3) is 3.88. The number of esters is 1. The van der Waals surface area contributed by atoms with Gasteiger partial charge >= 0.3 is 5.97 Å². The van der Waals surface area contributed by atoms with Crippen molar-refractivity contribution in [1.82, 2.24) is 5.32 Å². The summed E-state index contributed by atoms with van der Waals surface area (Å²) in [4.78, 5) is 24.9. The number of nitrogens with one attached hydrogen (secondary N) is 1. The maximum atomic E-state index is 12.3. The van der Waals surface area contributed by atoms with Gasteiger partial charge in [0.05, 0.1) is 0 Å². The van der Waals surface area contributed by atoms with Gasteiger partial charge in [-0.2, -0.15) is 0 Å². The molecule has 0 spiro atoms. The summed E-state index contributed by atoms with van der Waals surface area (Å²) in [6, 6.07) is 2.05. The van der Waals surface area contributed by atoms with Crippen LogP contribution in [0.15, 0.2) is 11.4 Å². The highest BCUT2D eigenvalue weighted by Gasteiger charge is 2.30. The molecule has 1 saturated carbocycles. The van der Waals surface area contributed by atoms with Gasteiger partial charge in [-0.25, -0.2) is 4.79 Å². The van der Waals surface area contributed by atoms with Gasteiger partial charge in [-0.3, -0.25) is 4.79 Å². The van der Waals surface area contributed by atoms with Crippen LogP contribution in [0.3, 0.4) is 0 Å². The van der Waals surface area contributed by atoms with E-state index in [-0.39, 0.29) is 11.9 Å². The third-order valence-electron chi connectivity index (χ3n) is 4.74. The Morgan fingerprint density at radius 1 is 1.36 bits per heavy atom. The van der Waals surface area contributed by atoms with Crippen LogP contribution in [0.2, 0.25) is 0 Å². The molecule has 5 heteroatoms. The molecule has 4 atom stereocenters. The first-order valence-corrected chi connectivity index (χ1v) is 8.83. The van der Waals surface area contributed by atoms with Crippen molar-refractivity contribution in [2.24, 2.45) is 11.8 Å². The summed E-state index contributed by atoms with van der Waals surface area (Å²) in [7, 11) is 0. The van der Waals surface area contributed by atoms with Gasteiger partial charge < -0.3 is 10.1 Å². The molecular weight excluding hydrogens is 298 g/mol. The monoisotopic (exact) mass is 323 g/mol. The number of aryl methyl sites for hydroxylation is 1. The quantitative estimate of drug-likeness (QED) is 0.862. The van der Waals surface area contributed by atoms with Crippen molar-refractivity contribution in [2.45, 2.75) is 59.1 Å². The van der Waals surface area contributed by atoms with Gasteiger partial charge in [0, 0.05) is 6.04 Å². The van der Waals surface area contributed by atoms with E-state index in [2.05, 4.69) is 19.2 Å². The van der Waals surface area contributed by atoms with E-state index in [0.717, 1.165) is 18.4 Å². The van der Waals surface area contributed by atoms with Crippen molar-refractivity contribution in [3.63, 3.8) is 0 Å². The summed E-state index contributed by atoms with van der Waals surface area (Å²) >= 11 is 1.34. The second-order valence-corrected chi connectivity index (χ2v) is 7.28. The Hall–Kier alpha value is -1.36. The first kappa shape index (κ1) is 17.0. The summed E-state index contributed by atoms with van der Waals surface area (Å²) in [6.45, 7) is 7.91. The average molecular weight is 323 g/mol. The maximum Gasteiger partial charge on any atom is 0.349 e. The molecule has 1 fully saturated rings. The largest absolute Gasteiger partial charge is 0.448 e. The number of amides is 1. The van der Waals surface area contributed by atoms with Crippen molar-refractivity contribution in [1.29, 1.82) is 0 Å². The van der Waals surface area contributed by atoms with Gasteiger partial charge in [-0.15, -0.1) is 11.3 Å². The minimum atomic E-state index is -0.765. The van der Waals surface area contributed by atoms with Crippen LogP contribution in [0.5, 0.6) is 0 Å². The lowest BCUT2D eigenvalue weighted by atomic mass is 9.78. The van der Waals surface area contributed by atoms with E-state index in [1.165, 1.54) is 17.8 Å². The lowest BCUT2D eigenvalue weighted by Crippen LogP contribution is -2.47. The van der Waals surface area contributed by atoms with E-state index in [0.29, 0.717) is 16.7 Å². The summed E-state index contributed by atoms with van der Waals surface area (Å²) in [5.74, 6) is 0.458. The Kier molecular flexibility index (Phi) is 5.62. The number of rotatable bonds is 4. The molecule has 22 heavy (non-hydrogen) atoms.